The number of benzene rings is 1. The van der Waals surface area contributed by atoms with Crippen molar-refractivity contribution in [1.82, 2.24) is 10.1 Å². The van der Waals surface area contributed by atoms with Crippen LogP contribution < -0.4 is 5.73 Å². The lowest BCUT2D eigenvalue weighted by Gasteiger charge is -2.17. The van der Waals surface area contributed by atoms with Gasteiger partial charge in [0.2, 0.25) is 11.7 Å². The first-order valence-corrected chi connectivity index (χ1v) is 7.27. The maximum absolute atomic E-state index is 6.33. The highest BCUT2D eigenvalue weighted by molar-refractivity contribution is 9.10. The van der Waals surface area contributed by atoms with Gasteiger partial charge in [0.15, 0.2) is 0 Å². The molecule has 0 radical (unpaired) electrons. The van der Waals surface area contributed by atoms with Gasteiger partial charge in [0, 0.05) is 10.0 Å². The minimum atomic E-state index is -0.422. The molecule has 1 aliphatic carbocycles. The number of aryl methyl sites for hydroxylation is 1. The zero-order valence-corrected chi connectivity index (χ0v) is 12.4. The second kappa shape index (κ2) is 4.72. The maximum Gasteiger partial charge on any atom is 0.247 e. The van der Waals surface area contributed by atoms with Crippen LogP contribution in [0.3, 0.4) is 0 Å². The standard InChI is InChI=1S/C14H16BrN3O/c1-9-8-10(15)4-5-11(9)12-17-13(19-18-12)14(16)6-2-3-7-14/h4-5,8H,2-3,6-7,16H2,1H3. The molecule has 1 saturated carbocycles. The van der Waals surface area contributed by atoms with Crippen molar-refractivity contribution >= 4 is 15.9 Å². The molecule has 0 atom stereocenters. The van der Waals surface area contributed by atoms with Crippen LogP contribution in [0.15, 0.2) is 27.2 Å². The Balaban J connectivity index is 1.97. The van der Waals surface area contributed by atoms with E-state index in [-0.39, 0.29) is 0 Å². The topological polar surface area (TPSA) is 64.9 Å². The Kier molecular flexibility index (Phi) is 3.19. The summed E-state index contributed by atoms with van der Waals surface area (Å²) in [4.78, 5) is 4.51. The lowest BCUT2D eigenvalue weighted by atomic mass is 9.99. The highest BCUT2D eigenvalue weighted by Gasteiger charge is 2.37. The highest BCUT2D eigenvalue weighted by atomic mass is 79.9. The van der Waals surface area contributed by atoms with Gasteiger partial charge in [-0.2, -0.15) is 4.98 Å². The van der Waals surface area contributed by atoms with Crippen LogP contribution in [0.2, 0.25) is 0 Å². The second-order valence-corrected chi connectivity index (χ2v) is 6.16. The van der Waals surface area contributed by atoms with Gasteiger partial charge in [-0.15, -0.1) is 0 Å². The molecule has 0 spiro atoms. The summed E-state index contributed by atoms with van der Waals surface area (Å²) in [6.45, 7) is 2.03. The Morgan fingerprint density at radius 2 is 2.05 bits per heavy atom. The molecule has 1 fully saturated rings. The molecule has 0 saturated heterocycles. The van der Waals surface area contributed by atoms with Gasteiger partial charge in [-0.05, 0) is 43.5 Å². The van der Waals surface area contributed by atoms with Crippen LogP contribution in [0.4, 0.5) is 0 Å². The van der Waals surface area contributed by atoms with Crippen molar-refractivity contribution in [3.8, 4) is 11.4 Å². The predicted molar refractivity (Wildman–Crippen MR) is 76.5 cm³/mol. The van der Waals surface area contributed by atoms with Crippen LogP contribution in [0, 0.1) is 6.92 Å². The molecule has 100 valence electrons. The summed E-state index contributed by atoms with van der Waals surface area (Å²) in [6.07, 6.45) is 4.11. The van der Waals surface area contributed by atoms with Gasteiger partial charge >= 0.3 is 0 Å². The molecule has 1 heterocycles. The lowest BCUT2D eigenvalue weighted by Crippen LogP contribution is -2.33. The van der Waals surface area contributed by atoms with Crippen molar-refractivity contribution in [2.45, 2.75) is 38.1 Å². The van der Waals surface area contributed by atoms with E-state index in [4.69, 9.17) is 10.3 Å². The minimum absolute atomic E-state index is 0.422. The van der Waals surface area contributed by atoms with E-state index < -0.39 is 5.54 Å². The van der Waals surface area contributed by atoms with Crippen molar-refractivity contribution in [3.05, 3.63) is 34.1 Å². The minimum Gasteiger partial charge on any atom is -0.337 e. The van der Waals surface area contributed by atoms with E-state index in [2.05, 4.69) is 26.1 Å². The number of halogens is 1. The Labute approximate surface area is 120 Å². The summed E-state index contributed by atoms with van der Waals surface area (Å²) < 4.78 is 6.44. The summed E-state index contributed by atoms with van der Waals surface area (Å²) in [6, 6.07) is 6.01. The number of hydrogen-bond donors (Lipinski definition) is 1. The smallest absolute Gasteiger partial charge is 0.247 e. The van der Waals surface area contributed by atoms with E-state index in [1.807, 2.05) is 25.1 Å². The third-order valence-corrected chi connectivity index (χ3v) is 4.27. The monoisotopic (exact) mass is 321 g/mol. The van der Waals surface area contributed by atoms with Crippen molar-refractivity contribution in [1.29, 1.82) is 0 Å². The highest BCUT2D eigenvalue weighted by Crippen LogP contribution is 2.36. The summed E-state index contributed by atoms with van der Waals surface area (Å²) in [5.41, 5.74) is 8.00. The first-order chi connectivity index (χ1) is 9.08. The summed E-state index contributed by atoms with van der Waals surface area (Å²) >= 11 is 3.45. The van der Waals surface area contributed by atoms with Crippen molar-refractivity contribution < 1.29 is 4.52 Å². The summed E-state index contributed by atoms with van der Waals surface area (Å²) in [5.74, 6) is 1.19. The molecule has 1 aromatic carbocycles. The molecule has 1 aromatic heterocycles. The fourth-order valence-electron chi connectivity index (χ4n) is 2.63. The quantitative estimate of drug-likeness (QED) is 0.918. The molecular weight excluding hydrogens is 306 g/mol. The van der Waals surface area contributed by atoms with Crippen molar-refractivity contribution in [3.63, 3.8) is 0 Å². The van der Waals surface area contributed by atoms with E-state index in [0.29, 0.717) is 11.7 Å². The van der Waals surface area contributed by atoms with E-state index in [1.54, 1.807) is 0 Å². The Hall–Kier alpha value is -1.20. The van der Waals surface area contributed by atoms with Crippen LogP contribution in [-0.4, -0.2) is 10.1 Å². The molecule has 1 aliphatic rings. The normalized spacial score (nSPS) is 17.8. The molecule has 2 aromatic rings. The molecular formula is C14H16BrN3O. The first kappa shape index (κ1) is 12.8. The molecule has 0 aliphatic heterocycles. The lowest BCUT2D eigenvalue weighted by molar-refractivity contribution is 0.285. The van der Waals surface area contributed by atoms with Gasteiger partial charge in [-0.25, -0.2) is 0 Å². The number of nitrogens with two attached hydrogens (primary N) is 1. The van der Waals surface area contributed by atoms with E-state index in [1.165, 1.54) is 0 Å². The number of aromatic nitrogens is 2. The number of hydrogen-bond acceptors (Lipinski definition) is 4. The molecule has 19 heavy (non-hydrogen) atoms. The Morgan fingerprint density at radius 3 is 2.74 bits per heavy atom. The molecule has 2 N–H and O–H groups in total. The van der Waals surface area contributed by atoms with Gasteiger partial charge in [0.05, 0.1) is 5.54 Å². The van der Waals surface area contributed by atoms with Gasteiger partial charge in [0.25, 0.3) is 0 Å². The maximum atomic E-state index is 6.33. The van der Waals surface area contributed by atoms with Crippen LogP contribution in [-0.2, 0) is 5.54 Å². The average Bonchev–Trinajstić information content (AvgIpc) is 2.99. The molecule has 0 amide bonds. The van der Waals surface area contributed by atoms with Gasteiger partial charge < -0.3 is 10.3 Å². The Morgan fingerprint density at radius 1 is 1.32 bits per heavy atom. The van der Waals surface area contributed by atoms with Gasteiger partial charge in [0.1, 0.15) is 0 Å². The molecule has 0 bridgehead atoms. The fraction of sp³-hybridized carbons (Fsp3) is 0.429. The van der Waals surface area contributed by atoms with Crippen LogP contribution in [0.1, 0.15) is 37.1 Å². The Bertz CT molecular complexity index is 602. The molecule has 0 unspecified atom stereocenters. The zero-order chi connectivity index (χ0) is 13.5. The average molecular weight is 322 g/mol. The largest absolute Gasteiger partial charge is 0.337 e. The van der Waals surface area contributed by atoms with Gasteiger partial charge in [-0.1, -0.05) is 33.9 Å². The summed E-state index contributed by atoms with van der Waals surface area (Å²) in [5, 5.41) is 4.09. The fourth-order valence-corrected chi connectivity index (χ4v) is 3.11. The predicted octanol–water partition coefficient (Wildman–Crippen LogP) is 3.54. The van der Waals surface area contributed by atoms with Crippen LogP contribution in [0.5, 0.6) is 0 Å². The van der Waals surface area contributed by atoms with E-state index in [0.717, 1.165) is 41.3 Å². The zero-order valence-electron chi connectivity index (χ0n) is 10.8. The van der Waals surface area contributed by atoms with Crippen molar-refractivity contribution in [2.24, 2.45) is 5.73 Å². The third-order valence-electron chi connectivity index (χ3n) is 3.78. The third kappa shape index (κ3) is 2.32. The number of nitrogens with zero attached hydrogens (tertiary/aromatic N) is 2. The number of rotatable bonds is 2. The van der Waals surface area contributed by atoms with Crippen LogP contribution >= 0.6 is 15.9 Å². The second-order valence-electron chi connectivity index (χ2n) is 5.25. The first-order valence-electron chi connectivity index (χ1n) is 6.48. The molecule has 5 heteroatoms. The van der Waals surface area contributed by atoms with Gasteiger partial charge in [-0.3, -0.25) is 0 Å². The molecule has 4 nitrogen and oxygen atoms in total. The van der Waals surface area contributed by atoms with Crippen molar-refractivity contribution in [2.75, 3.05) is 0 Å². The SMILES string of the molecule is Cc1cc(Br)ccc1-c1noc(C2(N)CCCC2)n1. The summed E-state index contributed by atoms with van der Waals surface area (Å²) in [7, 11) is 0. The van der Waals surface area contributed by atoms with E-state index in [9.17, 15) is 0 Å². The molecule has 3 rings (SSSR count). The van der Waals surface area contributed by atoms with Crippen LogP contribution in [0.25, 0.3) is 11.4 Å². The van der Waals surface area contributed by atoms with E-state index >= 15 is 0 Å².